The summed E-state index contributed by atoms with van der Waals surface area (Å²) >= 11 is 0. The zero-order valence-corrected chi connectivity index (χ0v) is 11.7. The van der Waals surface area contributed by atoms with Crippen LogP contribution in [0.5, 0.6) is 0 Å². The first-order valence-corrected chi connectivity index (χ1v) is 7.44. The van der Waals surface area contributed by atoms with Crippen LogP contribution in [-0.2, 0) is 0 Å². The fourth-order valence-electron chi connectivity index (χ4n) is 3.23. The molecule has 2 rings (SSSR count). The number of nitrogens with two attached hydrogens (primary N) is 1. The molecule has 0 heterocycles. The summed E-state index contributed by atoms with van der Waals surface area (Å²) in [5.74, 6) is -1.14. The summed E-state index contributed by atoms with van der Waals surface area (Å²) < 4.78 is 26.6. The molecule has 2 atom stereocenters. The Morgan fingerprint density at radius 3 is 2.25 bits per heavy atom. The smallest absolute Gasteiger partial charge is 0.126 e. The zero-order valence-electron chi connectivity index (χ0n) is 11.7. The van der Waals surface area contributed by atoms with Gasteiger partial charge < -0.3 is 10.8 Å². The molecule has 1 aromatic rings. The number of benzene rings is 1. The van der Waals surface area contributed by atoms with Gasteiger partial charge in [-0.2, -0.15) is 0 Å². The van der Waals surface area contributed by atoms with Crippen LogP contribution in [0.1, 0.15) is 50.0 Å². The molecule has 0 saturated heterocycles. The van der Waals surface area contributed by atoms with Crippen molar-refractivity contribution < 1.29 is 13.9 Å². The third kappa shape index (κ3) is 4.00. The third-order valence-electron chi connectivity index (χ3n) is 4.33. The monoisotopic (exact) mass is 283 g/mol. The van der Waals surface area contributed by atoms with E-state index in [1.54, 1.807) is 0 Å². The molecule has 0 radical (unpaired) electrons. The lowest BCUT2D eigenvalue weighted by atomic mass is 9.81. The number of hydrogen-bond acceptors (Lipinski definition) is 2. The van der Waals surface area contributed by atoms with Crippen molar-refractivity contribution in [2.45, 2.75) is 50.5 Å². The third-order valence-corrected chi connectivity index (χ3v) is 4.33. The number of aliphatic hydroxyl groups is 1. The molecule has 0 spiro atoms. The number of rotatable bonds is 5. The average Bonchev–Trinajstić information content (AvgIpc) is 2.39. The van der Waals surface area contributed by atoms with Crippen LogP contribution >= 0.6 is 0 Å². The van der Waals surface area contributed by atoms with E-state index >= 15 is 0 Å². The Morgan fingerprint density at radius 1 is 1.10 bits per heavy atom. The van der Waals surface area contributed by atoms with Gasteiger partial charge in [-0.15, -0.1) is 0 Å². The van der Waals surface area contributed by atoms with Crippen LogP contribution in [0.15, 0.2) is 18.2 Å². The van der Waals surface area contributed by atoms with Crippen molar-refractivity contribution in [2.75, 3.05) is 6.54 Å². The van der Waals surface area contributed by atoms with Gasteiger partial charge in [0.15, 0.2) is 0 Å². The summed E-state index contributed by atoms with van der Waals surface area (Å²) in [5.41, 5.74) is 6.16. The van der Waals surface area contributed by atoms with Crippen molar-refractivity contribution in [1.29, 1.82) is 0 Å². The lowest BCUT2D eigenvalue weighted by molar-refractivity contribution is 0.105. The first-order chi connectivity index (χ1) is 9.60. The Bertz CT molecular complexity index is 412. The lowest BCUT2D eigenvalue weighted by Gasteiger charge is -2.28. The van der Waals surface area contributed by atoms with Crippen molar-refractivity contribution in [3.63, 3.8) is 0 Å². The van der Waals surface area contributed by atoms with E-state index in [0.717, 1.165) is 18.9 Å². The molecule has 1 saturated carbocycles. The highest BCUT2D eigenvalue weighted by Crippen LogP contribution is 2.31. The zero-order chi connectivity index (χ0) is 14.5. The highest BCUT2D eigenvalue weighted by molar-refractivity contribution is 5.23. The van der Waals surface area contributed by atoms with Gasteiger partial charge in [0, 0.05) is 18.5 Å². The molecule has 1 aliphatic carbocycles. The van der Waals surface area contributed by atoms with Crippen LogP contribution < -0.4 is 5.73 Å². The quantitative estimate of drug-likeness (QED) is 0.870. The lowest BCUT2D eigenvalue weighted by Crippen LogP contribution is -2.28. The van der Waals surface area contributed by atoms with Crippen LogP contribution in [0.4, 0.5) is 8.78 Å². The SMILES string of the molecule is NCC(c1cc(F)cc(F)c1)C(O)CC1CCCCC1. The summed E-state index contributed by atoms with van der Waals surface area (Å²) in [7, 11) is 0. The molecule has 112 valence electrons. The molecular formula is C16H23F2NO. The van der Waals surface area contributed by atoms with Gasteiger partial charge in [0.1, 0.15) is 11.6 Å². The van der Waals surface area contributed by atoms with Gasteiger partial charge in [-0.1, -0.05) is 32.1 Å². The Balaban J connectivity index is 2.05. The Kier molecular flexibility index (Phi) is 5.49. The molecule has 2 nitrogen and oxygen atoms in total. The normalized spacial score (nSPS) is 19.8. The van der Waals surface area contributed by atoms with E-state index < -0.39 is 23.7 Å². The van der Waals surface area contributed by atoms with E-state index in [0.29, 0.717) is 17.9 Å². The second kappa shape index (κ2) is 7.14. The summed E-state index contributed by atoms with van der Waals surface area (Å²) in [6, 6.07) is 3.37. The fraction of sp³-hybridized carbons (Fsp3) is 0.625. The molecule has 3 N–H and O–H groups in total. The Hall–Kier alpha value is -1.00. The standard InChI is InChI=1S/C16H23F2NO/c17-13-7-12(8-14(18)9-13)15(10-19)16(20)6-11-4-2-1-3-5-11/h7-9,11,15-16,20H,1-6,10,19H2. The maximum Gasteiger partial charge on any atom is 0.126 e. The van der Waals surface area contributed by atoms with Crippen molar-refractivity contribution in [2.24, 2.45) is 11.7 Å². The molecule has 0 bridgehead atoms. The topological polar surface area (TPSA) is 46.2 Å². The van der Waals surface area contributed by atoms with E-state index in [4.69, 9.17) is 5.73 Å². The molecule has 0 aliphatic heterocycles. The molecule has 4 heteroatoms. The second-order valence-corrected chi connectivity index (χ2v) is 5.85. The van der Waals surface area contributed by atoms with Crippen LogP contribution in [0.25, 0.3) is 0 Å². The highest BCUT2D eigenvalue weighted by atomic mass is 19.1. The Labute approximate surface area is 119 Å². The average molecular weight is 283 g/mol. The first kappa shape index (κ1) is 15.4. The fourth-order valence-corrected chi connectivity index (χ4v) is 3.23. The molecule has 20 heavy (non-hydrogen) atoms. The first-order valence-electron chi connectivity index (χ1n) is 7.44. The predicted octanol–water partition coefficient (Wildman–Crippen LogP) is 3.34. The second-order valence-electron chi connectivity index (χ2n) is 5.85. The van der Waals surface area contributed by atoms with Crippen LogP contribution in [0.2, 0.25) is 0 Å². The summed E-state index contributed by atoms with van der Waals surface area (Å²) in [4.78, 5) is 0. The molecule has 1 aliphatic rings. The predicted molar refractivity (Wildman–Crippen MR) is 75.4 cm³/mol. The van der Waals surface area contributed by atoms with Crippen molar-refractivity contribution in [1.82, 2.24) is 0 Å². The molecule has 1 aromatic carbocycles. The van der Waals surface area contributed by atoms with Crippen LogP contribution in [-0.4, -0.2) is 17.8 Å². The van der Waals surface area contributed by atoms with E-state index in [2.05, 4.69) is 0 Å². The van der Waals surface area contributed by atoms with Gasteiger partial charge in [-0.25, -0.2) is 8.78 Å². The minimum absolute atomic E-state index is 0.191. The van der Waals surface area contributed by atoms with Crippen molar-refractivity contribution in [3.8, 4) is 0 Å². The summed E-state index contributed by atoms with van der Waals surface area (Å²) in [6.07, 6.45) is 5.97. The number of halogens is 2. The maximum absolute atomic E-state index is 13.3. The van der Waals surface area contributed by atoms with Gasteiger partial charge in [0.05, 0.1) is 6.10 Å². The molecule has 2 unspecified atom stereocenters. The molecule has 0 aromatic heterocycles. The molecular weight excluding hydrogens is 260 g/mol. The van der Waals surface area contributed by atoms with Gasteiger partial charge in [-0.3, -0.25) is 0 Å². The Morgan fingerprint density at radius 2 is 1.70 bits per heavy atom. The highest BCUT2D eigenvalue weighted by Gasteiger charge is 2.25. The molecule has 1 fully saturated rings. The van der Waals surface area contributed by atoms with Gasteiger partial charge in [0.2, 0.25) is 0 Å². The van der Waals surface area contributed by atoms with E-state index in [9.17, 15) is 13.9 Å². The van der Waals surface area contributed by atoms with Gasteiger partial charge in [0.25, 0.3) is 0 Å². The van der Waals surface area contributed by atoms with Crippen LogP contribution in [0, 0.1) is 17.6 Å². The van der Waals surface area contributed by atoms with Crippen molar-refractivity contribution >= 4 is 0 Å². The maximum atomic E-state index is 13.3. The minimum atomic E-state index is -0.635. The summed E-state index contributed by atoms with van der Waals surface area (Å²) in [5, 5.41) is 10.4. The van der Waals surface area contributed by atoms with E-state index in [1.165, 1.54) is 31.4 Å². The van der Waals surface area contributed by atoms with Gasteiger partial charge >= 0.3 is 0 Å². The number of hydrogen-bond donors (Lipinski definition) is 2. The number of aliphatic hydroxyl groups excluding tert-OH is 1. The van der Waals surface area contributed by atoms with E-state index in [-0.39, 0.29) is 6.54 Å². The van der Waals surface area contributed by atoms with Crippen molar-refractivity contribution in [3.05, 3.63) is 35.4 Å². The molecule has 0 amide bonds. The van der Waals surface area contributed by atoms with Crippen LogP contribution in [0.3, 0.4) is 0 Å². The van der Waals surface area contributed by atoms with E-state index in [1.807, 2.05) is 0 Å². The largest absolute Gasteiger partial charge is 0.392 e. The van der Waals surface area contributed by atoms with Gasteiger partial charge in [-0.05, 0) is 30.0 Å². The minimum Gasteiger partial charge on any atom is -0.392 e. The summed E-state index contributed by atoms with van der Waals surface area (Å²) in [6.45, 7) is 0.191.